The van der Waals surface area contributed by atoms with Crippen LogP contribution in [0, 0.1) is 11.8 Å². The van der Waals surface area contributed by atoms with Crippen molar-refractivity contribution in [3.8, 4) is 0 Å². The van der Waals surface area contributed by atoms with Gasteiger partial charge in [-0.15, -0.1) is 0 Å². The van der Waals surface area contributed by atoms with Gasteiger partial charge >= 0.3 is 0 Å². The molecule has 0 aliphatic carbocycles. The number of nitrogens with two attached hydrogens (primary N) is 1. The summed E-state index contributed by atoms with van der Waals surface area (Å²) in [6.07, 6.45) is 2.66. The highest BCUT2D eigenvalue weighted by Crippen LogP contribution is 2.22. The second-order valence-electron chi connectivity index (χ2n) is 5.15. The van der Waals surface area contributed by atoms with E-state index in [2.05, 4.69) is 18.7 Å². The van der Waals surface area contributed by atoms with Crippen LogP contribution in [0.5, 0.6) is 0 Å². The van der Waals surface area contributed by atoms with Gasteiger partial charge in [-0.3, -0.25) is 0 Å². The van der Waals surface area contributed by atoms with Crippen molar-refractivity contribution >= 4 is 0 Å². The highest BCUT2D eigenvalue weighted by molar-refractivity contribution is 4.76. The molecule has 3 atom stereocenters. The summed E-state index contributed by atoms with van der Waals surface area (Å²) in [5.74, 6) is 1.71. The number of nitrogens with zero attached hydrogens (tertiary/aromatic N) is 1. The highest BCUT2D eigenvalue weighted by atomic mass is 16.5. The van der Waals surface area contributed by atoms with Crippen LogP contribution in [0.25, 0.3) is 0 Å². The van der Waals surface area contributed by atoms with E-state index in [0.717, 1.165) is 31.4 Å². The van der Waals surface area contributed by atoms with Crippen LogP contribution in [0.2, 0.25) is 0 Å². The van der Waals surface area contributed by atoms with Gasteiger partial charge in [0.15, 0.2) is 0 Å². The normalized spacial score (nSPS) is 29.2. The Balaban J connectivity index is 2.21. The monoisotopic (exact) mass is 228 g/mol. The van der Waals surface area contributed by atoms with Crippen LogP contribution >= 0.6 is 0 Å². The van der Waals surface area contributed by atoms with E-state index in [-0.39, 0.29) is 6.10 Å². The van der Waals surface area contributed by atoms with E-state index in [4.69, 9.17) is 10.5 Å². The summed E-state index contributed by atoms with van der Waals surface area (Å²) in [6.45, 7) is 11.8. The second-order valence-corrected chi connectivity index (χ2v) is 5.15. The summed E-state index contributed by atoms with van der Waals surface area (Å²) in [5.41, 5.74) is 5.68. The number of hydrogen-bond donors (Lipinski definition) is 1. The minimum Gasteiger partial charge on any atom is -0.377 e. The maximum absolute atomic E-state index is 5.68. The third-order valence-electron chi connectivity index (χ3n) is 3.85. The molecule has 3 nitrogen and oxygen atoms in total. The Morgan fingerprint density at radius 1 is 1.38 bits per heavy atom. The van der Waals surface area contributed by atoms with E-state index in [1.807, 2.05) is 6.92 Å². The van der Waals surface area contributed by atoms with E-state index in [1.165, 1.54) is 19.5 Å². The van der Waals surface area contributed by atoms with Crippen LogP contribution in [0.15, 0.2) is 0 Å². The summed E-state index contributed by atoms with van der Waals surface area (Å²) in [4.78, 5) is 2.56. The molecule has 1 aliphatic heterocycles. The fourth-order valence-electron chi connectivity index (χ4n) is 2.38. The zero-order valence-corrected chi connectivity index (χ0v) is 11.1. The summed E-state index contributed by atoms with van der Waals surface area (Å²) >= 11 is 0. The van der Waals surface area contributed by atoms with Crippen LogP contribution < -0.4 is 5.73 Å². The van der Waals surface area contributed by atoms with Crippen molar-refractivity contribution in [1.82, 2.24) is 4.90 Å². The quantitative estimate of drug-likeness (QED) is 0.752. The van der Waals surface area contributed by atoms with E-state index >= 15 is 0 Å². The Kier molecular flexibility index (Phi) is 6.32. The fourth-order valence-corrected chi connectivity index (χ4v) is 2.38. The average Bonchev–Trinajstić information content (AvgIpc) is 2.28. The molecule has 0 saturated carbocycles. The van der Waals surface area contributed by atoms with Gasteiger partial charge in [-0.25, -0.2) is 0 Å². The topological polar surface area (TPSA) is 38.5 Å². The van der Waals surface area contributed by atoms with Gasteiger partial charge in [0.1, 0.15) is 0 Å². The molecule has 96 valence electrons. The molecule has 0 aromatic rings. The van der Waals surface area contributed by atoms with Crippen molar-refractivity contribution in [3.63, 3.8) is 0 Å². The van der Waals surface area contributed by atoms with Crippen LogP contribution in [-0.2, 0) is 4.74 Å². The first-order valence-corrected chi connectivity index (χ1v) is 6.71. The molecule has 0 aromatic heterocycles. The summed E-state index contributed by atoms with van der Waals surface area (Å²) < 4.78 is 5.58. The Bertz CT molecular complexity index is 187. The minimum atomic E-state index is 0.250. The number of ether oxygens (including phenoxy) is 1. The van der Waals surface area contributed by atoms with Crippen molar-refractivity contribution in [2.45, 2.75) is 39.7 Å². The molecule has 1 rings (SSSR count). The Morgan fingerprint density at radius 3 is 2.69 bits per heavy atom. The first-order valence-electron chi connectivity index (χ1n) is 6.71. The van der Waals surface area contributed by atoms with E-state index in [0.29, 0.717) is 6.54 Å². The molecule has 0 radical (unpaired) electrons. The van der Waals surface area contributed by atoms with Gasteiger partial charge in [0, 0.05) is 26.2 Å². The van der Waals surface area contributed by atoms with Crippen molar-refractivity contribution in [1.29, 1.82) is 0 Å². The molecule has 16 heavy (non-hydrogen) atoms. The predicted molar refractivity (Wildman–Crippen MR) is 68.5 cm³/mol. The Hall–Kier alpha value is -0.120. The first kappa shape index (κ1) is 13.9. The lowest BCUT2D eigenvalue weighted by Crippen LogP contribution is -2.40. The second kappa shape index (κ2) is 7.25. The van der Waals surface area contributed by atoms with Gasteiger partial charge in [-0.2, -0.15) is 0 Å². The summed E-state index contributed by atoms with van der Waals surface area (Å²) in [7, 11) is 0. The predicted octanol–water partition coefficient (Wildman–Crippen LogP) is 1.72. The lowest BCUT2D eigenvalue weighted by Gasteiger charge is -2.35. The minimum absolute atomic E-state index is 0.250. The van der Waals surface area contributed by atoms with Crippen LogP contribution in [0.1, 0.15) is 33.6 Å². The van der Waals surface area contributed by atoms with Gasteiger partial charge in [0.2, 0.25) is 0 Å². The number of piperidine rings is 1. The smallest absolute Gasteiger partial charge is 0.0709 e. The summed E-state index contributed by atoms with van der Waals surface area (Å²) in [5, 5.41) is 0. The molecule has 2 N–H and O–H groups in total. The maximum atomic E-state index is 5.68. The van der Waals surface area contributed by atoms with Crippen LogP contribution in [0.4, 0.5) is 0 Å². The molecule has 1 fully saturated rings. The van der Waals surface area contributed by atoms with Crippen molar-refractivity contribution in [3.05, 3.63) is 0 Å². The van der Waals surface area contributed by atoms with Gasteiger partial charge in [-0.05, 0) is 38.1 Å². The highest BCUT2D eigenvalue weighted by Gasteiger charge is 2.22. The van der Waals surface area contributed by atoms with Gasteiger partial charge in [0.25, 0.3) is 0 Å². The summed E-state index contributed by atoms with van der Waals surface area (Å²) in [6, 6.07) is 0. The Labute approximate surface area is 100 Å². The number of likely N-dealkylation sites (tertiary alicyclic amines) is 1. The number of rotatable bonds is 6. The first-order chi connectivity index (χ1) is 7.67. The molecule has 3 unspecified atom stereocenters. The molecule has 1 heterocycles. The molecule has 0 spiro atoms. The zero-order chi connectivity index (χ0) is 12.0. The van der Waals surface area contributed by atoms with Crippen LogP contribution in [-0.4, -0.2) is 43.8 Å². The standard InChI is InChI=1S/C13H28N2O/c1-4-16-13(9-14)6-8-15-7-5-11(2)12(3)10-15/h11-13H,4-10,14H2,1-3H3. The van der Waals surface area contributed by atoms with E-state index in [9.17, 15) is 0 Å². The van der Waals surface area contributed by atoms with Gasteiger partial charge < -0.3 is 15.4 Å². The van der Waals surface area contributed by atoms with Crippen molar-refractivity contribution < 1.29 is 4.74 Å². The molecule has 0 bridgehead atoms. The van der Waals surface area contributed by atoms with Gasteiger partial charge in [0.05, 0.1) is 6.10 Å². The Morgan fingerprint density at radius 2 is 2.12 bits per heavy atom. The molecule has 0 aromatic carbocycles. The fraction of sp³-hybridized carbons (Fsp3) is 1.00. The molecular formula is C13H28N2O. The zero-order valence-electron chi connectivity index (χ0n) is 11.1. The van der Waals surface area contributed by atoms with Crippen molar-refractivity contribution in [2.24, 2.45) is 17.6 Å². The largest absolute Gasteiger partial charge is 0.377 e. The molecular weight excluding hydrogens is 200 g/mol. The SMILES string of the molecule is CCOC(CN)CCN1CCC(C)C(C)C1. The van der Waals surface area contributed by atoms with Gasteiger partial charge in [-0.1, -0.05) is 13.8 Å². The number of hydrogen-bond acceptors (Lipinski definition) is 3. The molecule has 0 amide bonds. The molecule has 1 saturated heterocycles. The maximum Gasteiger partial charge on any atom is 0.0709 e. The van der Waals surface area contributed by atoms with Crippen molar-refractivity contribution in [2.75, 3.05) is 32.8 Å². The lowest BCUT2D eigenvalue weighted by molar-refractivity contribution is 0.0464. The third kappa shape index (κ3) is 4.40. The average molecular weight is 228 g/mol. The molecule has 3 heteroatoms. The third-order valence-corrected chi connectivity index (χ3v) is 3.85. The lowest BCUT2D eigenvalue weighted by atomic mass is 9.88. The molecule has 1 aliphatic rings. The van der Waals surface area contributed by atoms with E-state index in [1.54, 1.807) is 0 Å². The van der Waals surface area contributed by atoms with E-state index < -0.39 is 0 Å². The van der Waals surface area contributed by atoms with Crippen LogP contribution in [0.3, 0.4) is 0 Å².